The molecule has 1 unspecified atom stereocenters. The second kappa shape index (κ2) is 7.99. The molecule has 3 atom stereocenters. The summed E-state index contributed by atoms with van der Waals surface area (Å²) in [6.07, 6.45) is 7.07. The zero-order valence-electron chi connectivity index (χ0n) is 17.0. The SMILES string of the molecule is CC(N)c1ccc(C(=O)NC[C@@H]2CCC(=O)N(C3CC3)[C@H]2c2nccn2C)cc1. The van der Waals surface area contributed by atoms with Gasteiger partial charge in [0.1, 0.15) is 5.82 Å². The minimum atomic E-state index is -0.102. The molecule has 0 spiro atoms. The van der Waals surface area contributed by atoms with Gasteiger partial charge in [-0.1, -0.05) is 12.1 Å². The predicted molar refractivity (Wildman–Crippen MR) is 110 cm³/mol. The van der Waals surface area contributed by atoms with Crippen LogP contribution in [0.15, 0.2) is 36.7 Å². The van der Waals surface area contributed by atoms with Gasteiger partial charge in [0.05, 0.1) is 6.04 Å². The number of nitrogens with zero attached hydrogens (tertiary/aromatic N) is 3. The Morgan fingerprint density at radius 1 is 1.28 bits per heavy atom. The monoisotopic (exact) mass is 395 g/mol. The van der Waals surface area contributed by atoms with Gasteiger partial charge in [-0.15, -0.1) is 0 Å². The molecule has 3 N–H and O–H groups in total. The summed E-state index contributed by atoms with van der Waals surface area (Å²) in [4.78, 5) is 31.9. The van der Waals surface area contributed by atoms with Crippen LogP contribution in [-0.2, 0) is 11.8 Å². The predicted octanol–water partition coefficient (Wildman–Crippen LogP) is 2.31. The molecule has 1 aromatic heterocycles. The Morgan fingerprint density at radius 2 is 2.00 bits per heavy atom. The van der Waals surface area contributed by atoms with Crippen molar-refractivity contribution in [2.75, 3.05) is 6.54 Å². The number of hydrogen-bond donors (Lipinski definition) is 2. The fraction of sp³-hybridized carbons (Fsp3) is 0.500. The van der Waals surface area contributed by atoms with E-state index < -0.39 is 0 Å². The van der Waals surface area contributed by atoms with Crippen LogP contribution in [0, 0.1) is 5.92 Å². The van der Waals surface area contributed by atoms with E-state index in [-0.39, 0.29) is 29.8 Å². The Kier molecular flexibility index (Phi) is 5.41. The third-order valence-corrected chi connectivity index (χ3v) is 6.05. The number of carbonyl (C=O) groups is 2. The highest BCUT2D eigenvalue weighted by molar-refractivity contribution is 5.94. The van der Waals surface area contributed by atoms with E-state index in [0.29, 0.717) is 24.6 Å². The minimum absolute atomic E-state index is 0.0566. The van der Waals surface area contributed by atoms with E-state index in [1.165, 1.54) is 0 Å². The molecule has 154 valence electrons. The number of piperidine rings is 1. The molecule has 1 aliphatic heterocycles. The van der Waals surface area contributed by atoms with Gasteiger partial charge in [0.2, 0.25) is 5.91 Å². The third-order valence-electron chi connectivity index (χ3n) is 6.05. The fourth-order valence-electron chi connectivity index (χ4n) is 4.24. The lowest BCUT2D eigenvalue weighted by Gasteiger charge is -2.41. The molecule has 7 nitrogen and oxygen atoms in total. The van der Waals surface area contributed by atoms with Crippen molar-refractivity contribution in [3.63, 3.8) is 0 Å². The number of nitrogens with two attached hydrogens (primary N) is 1. The van der Waals surface area contributed by atoms with E-state index in [9.17, 15) is 9.59 Å². The molecule has 29 heavy (non-hydrogen) atoms. The first-order valence-electron chi connectivity index (χ1n) is 10.4. The average Bonchev–Trinajstić information content (AvgIpc) is 3.46. The number of hydrogen-bond acceptors (Lipinski definition) is 4. The molecule has 0 radical (unpaired) electrons. The fourth-order valence-corrected chi connectivity index (χ4v) is 4.24. The maximum Gasteiger partial charge on any atom is 0.251 e. The van der Waals surface area contributed by atoms with Gasteiger partial charge >= 0.3 is 0 Å². The first kappa shape index (κ1) is 19.6. The zero-order chi connectivity index (χ0) is 20.5. The van der Waals surface area contributed by atoms with Crippen molar-refractivity contribution in [1.29, 1.82) is 0 Å². The van der Waals surface area contributed by atoms with E-state index in [4.69, 9.17) is 5.73 Å². The highest BCUT2D eigenvalue weighted by atomic mass is 16.2. The molecule has 1 aromatic carbocycles. The van der Waals surface area contributed by atoms with Crippen LogP contribution in [0.2, 0.25) is 0 Å². The summed E-state index contributed by atoms with van der Waals surface area (Å²) in [7, 11) is 1.96. The summed E-state index contributed by atoms with van der Waals surface area (Å²) in [5.74, 6) is 1.14. The summed E-state index contributed by atoms with van der Waals surface area (Å²) < 4.78 is 1.99. The summed E-state index contributed by atoms with van der Waals surface area (Å²) >= 11 is 0. The van der Waals surface area contributed by atoms with Crippen LogP contribution in [0.1, 0.15) is 66.4 Å². The van der Waals surface area contributed by atoms with Crippen molar-refractivity contribution < 1.29 is 9.59 Å². The van der Waals surface area contributed by atoms with Crippen molar-refractivity contribution >= 4 is 11.8 Å². The molecule has 2 aromatic rings. The number of aromatic nitrogens is 2. The van der Waals surface area contributed by atoms with Gasteiger partial charge in [0.15, 0.2) is 0 Å². The smallest absolute Gasteiger partial charge is 0.251 e. The lowest BCUT2D eigenvalue weighted by atomic mass is 9.87. The van der Waals surface area contributed by atoms with Gasteiger partial charge in [0.25, 0.3) is 5.91 Å². The Morgan fingerprint density at radius 3 is 2.59 bits per heavy atom. The molecule has 0 bridgehead atoms. The van der Waals surface area contributed by atoms with Crippen molar-refractivity contribution in [3.8, 4) is 0 Å². The first-order valence-corrected chi connectivity index (χ1v) is 10.4. The number of carbonyl (C=O) groups excluding carboxylic acids is 2. The molecule has 1 saturated heterocycles. The molecule has 7 heteroatoms. The summed E-state index contributed by atoms with van der Waals surface area (Å²) in [5.41, 5.74) is 7.50. The summed E-state index contributed by atoms with van der Waals surface area (Å²) in [5, 5.41) is 3.08. The van der Waals surface area contributed by atoms with Gasteiger partial charge in [-0.05, 0) is 43.9 Å². The first-order chi connectivity index (χ1) is 14.0. The Bertz CT molecular complexity index is 885. The number of aryl methyl sites for hydroxylation is 1. The topological polar surface area (TPSA) is 93.2 Å². The number of nitrogens with one attached hydrogen (secondary N) is 1. The van der Waals surface area contributed by atoms with E-state index in [2.05, 4.69) is 10.3 Å². The van der Waals surface area contributed by atoms with Crippen LogP contribution in [0.5, 0.6) is 0 Å². The van der Waals surface area contributed by atoms with Crippen LogP contribution < -0.4 is 11.1 Å². The van der Waals surface area contributed by atoms with E-state index >= 15 is 0 Å². The normalized spacial score (nSPS) is 23.1. The Balaban J connectivity index is 1.49. The molecule has 2 fully saturated rings. The minimum Gasteiger partial charge on any atom is -0.352 e. The second-order valence-corrected chi connectivity index (χ2v) is 8.29. The summed E-state index contributed by atoms with van der Waals surface area (Å²) in [6, 6.07) is 7.57. The number of likely N-dealkylation sites (tertiary alicyclic amines) is 1. The standard InChI is InChI=1S/C22H29N5O2/c1-14(23)15-3-5-16(6-4-15)22(29)25-13-17-7-10-19(28)27(18-8-9-18)20(17)21-24-11-12-26(21)2/h3-6,11-12,14,17-18,20H,7-10,13,23H2,1-2H3,(H,25,29)/t14?,17-,20+/m0/s1. The van der Waals surface area contributed by atoms with Crippen LogP contribution >= 0.6 is 0 Å². The van der Waals surface area contributed by atoms with Crippen LogP contribution in [0.25, 0.3) is 0 Å². The highest BCUT2D eigenvalue weighted by Crippen LogP contribution is 2.42. The Labute approximate surface area is 171 Å². The highest BCUT2D eigenvalue weighted by Gasteiger charge is 2.45. The van der Waals surface area contributed by atoms with E-state index in [0.717, 1.165) is 30.7 Å². The molecule has 2 amide bonds. The quantitative estimate of drug-likeness (QED) is 0.785. The molecule has 1 aliphatic carbocycles. The second-order valence-electron chi connectivity index (χ2n) is 8.29. The molecule has 1 saturated carbocycles. The van der Waals surface area contributed by atoms with Gasteiger partial charge in [-0.3, -0.25) is 9.59 Å². The molecular formula is C22H29N5O2. The maximum absolute atomic E-state index is 12.7. The zero-order valence-corrected chi connectivity index (χ0v) is 17.0. The van der Waals surface area contributed by atoms with Crippen molar-refractivity contribution in [2.24, 2.45) is 18.7 Å². The van der Waals surface area contributed by atoms with Gasteiger partial charge in [0, 0.05) is 56.0 Å². The van der Waals surface area contributed by atoms with Crippen LogP contribution in [0.3, 0.4) is 0 Å². The van der Waals surface area contributed by atoms with E-state index in [1.807, 2.05) is 53.9 Å². The number of rotatable bonds is 6. The largest absolute Gasteiger partial charge is 0.352 e. The van der Waals surface area contributed by atoms with Crippen LogP contribution in [0.4, 0.5) is 0 Å². The number of benzene rings is 1. The van der Waals surface area contributed by atoms with Crippen molar-refractivity contribution in [1.82, 2.24) is 19.8 Å². The summed E-state index contributed by atoms with van der Waals surface area (Å²) in [6.45, 7) is 2.44. The lowest BCUT2D eigenvalue weighted by Crippen LogP contribution is -2.48. The average molecular weight is 396 g/mol. The lowest BCUT2D eigenvalue weighted by molar-refractivity contribution is -0.140. The molecule has 4 rings (SSSR count). The molecule has 2 heterocycles. The third kappa shape index (κ3) is 4.05. The molecular weight excluding hydrogens is 366 g/mol. The number of imidazole rings is 1. The van der Waals surface area contributed by atoms with Gasteiger partial charge < -0.3 is 20.5 Å². The van der Waals surface area contributed by atoms with Gasteiger partial charge in [-0.2, -0.15) is 0 Å². The van der Waals surface area contributed by atoms with Crippen molar-refractivity contribution in [2.45, 2.75) is 50.7 Å². The van der Waals surface area contributed by atoms with E-state index in [1.54, 1.807) is 6.20 Å². The number of amides is 2. The molecule has 2 aliphatic rings. The Hall–Kier alpha value is -2.67. The van der Waals surface area contributed by atoms with Crippen molar-refractivity contribution in [3.05, 3.63) is 53.6 Å². The van der Waals surface area contributed by atoms with Gasteiger partial charge in [-0.25, -0.2) is 4.98 Å². The van der Waals surface area contributed by atoms with Crippen LogP contribution in [-0.4, -0.2) is 38.9 Å². The maximum atomic E-state index is 12.7.